The summed E-state index contributed by atoms with van der Waals surface area (Å²) in [5.74, 6) is 0.509. The maximum absolute atomic E-state index is 11.9. The average molecular weight is 331 g/mol. The molecule has 0 aromatic heterocycles. The summed E-state index contributed by atoms with van der Waals surface area (Å²) in [7, 11) is 1.56. The third-order valence-corrected chi connectivity index (χ3v) is 4.09. The Morgan fingerprint density at radius 1 is 1.13 bits per heavy atom. The monoisotopic (exact) mass is 331 g/mol. The van der Waals surface area contributed by atoms with Crippen LogP contribution in [0.2, 0.25) is 0 Å². The van der Waals surface area contributed by atoms with Crippen LogP contribution in [0.4, 0.5) is 5.69 Å². The molecule has 5 nitrogen and oxygen atoms in total. The Hall–Kier alpha value is -2.47. The molecule has 2 aromatic carbocycles. The first-order chi connectivity index (χ1) is 11.1. The van der Waals surface area contributed by atoms with Crippen LogP contribution in [0.3, 0.4) is 0 Å². The maximum Gasteiger partial charge on any atom is 0.335 e. The van der Waals surface area contributed by atoms with Crippen molar-refractivity contribution in [2.45, 2.75) is 5.75 Å². The summed E-state index contributed by atoms with van der Waals surface area (Å²) >= 11 is 1.46. The molecule has 0 heterocycles. The second kappa shape index (κ2) is 8.24. The molecule has 0 atom stereocenters. The van der Waals surface area contributed by atoms with Crippen LogP contribution >= 0.6 is 11.8 Å². The van der Waals surface area contributed by atoms with Gasteiger partial charge in [-0.15, -0.1) is 11.8 Å². The molecule has 0 aliphatic carbocycles. The standard InChI is InChI=1S/C17H17NO4S/c1-22-15-5-3-2-4-14(15)18-16(19)11-23-10-12-6-8-13(9-7-12)17(20)21/h2-9H,10-11H2,1H3,(H,18,19)(H,20,21). The Bertz CT molecular complexity index is 685. The van der Waals surface area contributed by atoms with E-state index in [1.165, 1.54) is 11.8 Å². The number of carbonyl (C=O) groups is 2. The smallest absolute Gasteiger partial charge is 0.335 e. The van der Waals surface area contributed by atoms with E-state index in [0.29, 0.717) is 22.9 Å². The molecule has 6 heteroatoms. The lowest BCUT2D eigenvalue weighted by Gasteiger charge is -2.09. The van der Waals surface area contributed by atoms with Gasteiger partial charge >= 0.3 is 5.97 Å². The van der Waals surface area contributed by atoms with E-state index in [1.54, 1.807) is 43.5 Å². The number of nitrogens with one attached hydrogen (secondary N) is 1. The molecule has 0 aliphatic heterocycles. The minimum atomic E-state index is -0.944. The number of para-hydroxylation sites is 2. The largest absolute Gasteiger partial charge is 0.495 e. The zero-order valence-electron chi connectivity index (χ0n) is 12.6. The van der Waals surface area contributed by atoms with Gasteiger partial charge in [0, 0.05) is 5.75 Å². The molecular formula is C17H17NO4S. The summed E-state index contributed by atoms with van der Waals surface area (Å²) < 4.78 is 5.18. The molecule has 0 spiro atoms. The topological polar surface area (TPSA) is 75.6 Å². The fraction of sp³-hybridized carbons (Fsp3) is 0.176. The summed E-state index contributed by atoms with van der Waals surface area (Å²) in [5, 5.41) is 11.6. The molecule has 2 N–H and O–H groups in total. The van der Waals surface area contributed by atoms with Crippen LogP contribution in [0, 0.1) is 0 Å². The van der Waals surface area contributed by atoms with Crippen molar-refractivity contribution in [2.75, 3.05) is 18.2 Å². The van der Waals surface area contributed by atoms with Gasteiger partial charge in [0.1, 0.15) is 5.75 Å². The second-order valence-corrected chi connectivity index (χ2v) is 5.73. The molecule has 0 unspecified atom stereocenters. The Morgan fingerprint density at radius 3 is 2.48 bits per heavy atom. The highest BCUT2D eigenvalue weighted by Gasteiger charge is 2.07. The SMILES string of the molecule is COc1ccccc1NC(=O)CSCc1ccc(C(=O)O)cc1. The number of aromatic carboxylic acids is 1. The fourth-order valence-electron chi connectivity index (χ4n) is 1.94. The summed E-state index contributed by atoms with van der Waals surface area (Å²) in [6.07, 6.45) is 0. The van der Waals surface area contributed by atoms with E-state index in [2.05, 4.69) is 5.32 Å². The highest BCUT2D eigenvalue weighted by molar-refractivity contribution is 7.99. The van der Waals surface area contributed by atoms with Crippen LogP contribution < -0.4 is 10.1 Å². The van der Waals surface area contributed by atoms with Crippen molar-refractivity contribution >= 4 is 29.3 Å². The number of ether oxygens (including phenoxy) is 1. The maximum atomic E-state index is 11.9. The second-order valence-electron chi connectivity index (χ2n) is 4.74. The van der Waals surface area contributed by atoms with E-state index in [1.807, 2.05) is 12.1 Å². The first-order valence-electron chi connectivity index (χ1n) is 6.93. The number of hydrogen-bond acceptors (Lipinski definition) is 4. The molecule has 0 saturated carbocycles. The van der Waals surface area contributed by atoms with Crippen molar-refractivity contribution in [3.05, 3.63) is 59.7 Å². The van der Waals surface area contributed by atoms with E-state index in [9.17, 15) is 9.59 Å². The Balaban J connectivity index is 1.81. The summed E-state index contributed by atoms with van der Waals surface area (Å²) in [6, 6.07) is 13.9. The van der Waals surface area contributed by atoms with Gasteiger partial charge in [0.25, 0.3) is 0 Å². The third-order valence-electron chi connectivity index (χ3n) is 3.08. The van der Waals surface area contributed by atoms with Crippen molar-refractivity contribution < 1.29 is 19.4 Å². The lowest BCUT2D eigenvalue weighted by molar-refractivity contribution is -0.113. The Kier molecular flexibility index (Phi) is 6.05. The van der Waals surface area contributed by atoms with Gasteiger partial charge < -0.3 is 15.2 Å². The van der Waals surface area contributed by atoms with Crippen molar-refractivity contribution in [2.24, 2.45) is 0 Å². The Labute approximate surface area is 138 Å². The molecule has 120 valence electrons. The molecule has 1 amide bonds. The van der Waals surface area contributed by atoms with E-state index >= 15 is 0 Å². The van der Waals surface area contributed by atoms with Crippen molar-refractivity contribution in [1.82, 2.24) is 0 Å². The van der Waals surface area contributed by atoms with Crippen LogP contribution in [0.5, 0.6) is 5.75 Å². The van der Waals surface area contributed by atoms with Gasteiger partial charge in [-0.1, -0.05) is 24.3 Å². The Morgan fingerprint density at radius 2 is 1.83 bits per heavy atom. The van der Waals surface area contributed by atoms with Gasteiger partial charge in [0.2, 0.25) is 5.91 Å². The molecule has 0 radical (unpaired) electrons. The normalized spacial score (nSPS) is 10.1. The minimum Gasteiger partial charge on any atom is -0.495 e. The first-order valence-corrected chi connectivity index (χ1v) is 8.08. The van der Waals surface area contributed by atoms with Gasteiger partial charge in [-0.3, -0.25) is 4.79 Å². The van der Waals surface area contributed by atoms with Gasteiger partial charge in [-0.2, -0.15) is 0 Å². The van der Waals surface area contributed by atoms with Crippen molar-refractivity contribution in [1.29, 1.82) is 0 Å². The summed E-state index contributed by atoms with van der Waals surface area (Å²) in [4.78, 5) is 22.7. The molecule has 23 heavy (non-hydrogen) atoms. The highest BCUT2D eigenvalue weighted by atomic mass is 32.2. The average Bonchev–Trinajstić information content (AvgIpc) is 2.56. The van der Waals surface area contributed by atoms with Gasteiger partial charge in [-0.05, 0) is 29.8 Å². The number of anilines is 1. The van der Waals surface area contributed by atoms with Gasteiger partial charge in [0.15, 0.2) is 0 Å². The number of carboxylic acids is 1. The predicted molar refractivity (Wildman–Crippen MR) is 91.2 cm³/mol. The summed E-state index contributed by atoms with van der Waals surface area (Å²) in [5.41, 5.74) is 1.88. The number of hydrogen-bond donors (Lipinski definition) is 2. The van der Waals surface area contributed by atoms with Gasteiger partial charge in [0.05, 0.1) is 24.1 Å². The van der Waals surface area contributed by atoms with E-state index in [-0.39, 0.29) is 11.5 Å². The quantitative estimate of drug-likeness (QED) is 0.814. The zero-order chi connectivity index (χ0) is 16.7. The van der Waals surface area contributed by atoms with E-state index < -0.39 is 5.97 Å². The molecule has 0 aliphatic rings. The molecule has 2 rings (SSSR count). The lowest BCUT2D eigenvalue weighted by Crippen LogP contribution is -2.14. The van der Waals surface area contributed by atoms with Crippen molar-refractivity contribution in [3.63, 3.8) is 0 Å². The van der Waals surface area contributed by atoms with Crippen LogP contribution in [0.15, 0.2) is 48.5 Å². The zero-order valence-corrected chi connectivity index (χ0v) is 13.4. The van der Waals surface area contributed by atoms with Gasteiger partial charge in [-0.25, -0.2) is 4.79 Å². The number of carbonyl (C=O) groups excluding carboxylic acids is 1. The van der Waals surface area contributed by atoms with Crippen LogP contribution in [-0.4, -0.2) is 29.8 Å². The van der Waals surface area contributed by atoms with Crippen LogP contribution in [0.25, 0.3) is 0 Å². The van der Waals surface area contributed by atoms with Crippen LogP contribution in [-0.2, 0) is 10.5 Å². The molecule has 2 aromatic rings. The van der Waals surface area contributed by atoms with Crippen LogP contribution in [0.1, 0.15) is 15.9 Å². The molecular weight excluding hydrogens is 314 g/mol. The number of rotatable bonds is 7. The van der Waals surface area contributed by atoms with E-state index in [0.717, 1.165) is 5.56 Å². The number of thioether (sulfide) groups is 1. The number of methoxy groups -OCH3 is 1. The first kappa shape index (κ1) is 16.9. The molecule has 0 fully saturated rings. The third kappa shape index (κ3) is 5.03. The number of carboxylic acid groups (broad SMARTS) is 1. The highest BCUT2D eigenvalue weighted by Crippen LogP contribution is 2.23. The lowest BCUT2D eigenvalue weighted by atomic mass is 10.1. The minimum absolute atomic E-state index is 0.110. The molecule has 0 saturated heterocycles. The van der Waals surface area contributed by atoms with Crippen molar-refractivity contribution in [3.8, 4) is 5.75 Å². The fourth-order valence-corrected chi connectivity index (χ4v) is 2.73. The summed E-state index contributed by atoms with van der Waals surface area (Å²) in [6.45, 7) is 0. The number of benzene rings is 2. The molecule has 0 bridgehead atoms. The van der Waals surface area contributed by atoms with E-state index in [4.69, 9.17) is 9.84 Å². The predicted octanol–water partition coefficient (Wildman–Crippen LogP) is 3.27. The number of amides is 1.